The van der Waals surface area contributed by atoms with Crippen molar-refractivity contribution in [2.45, 2.75) is 51.7 Å². The number of piperidine rings is 1. The van der Waals surface area contributed by atoms with E-state index < -0.39 is 0 Å². The Labute approximate surface area is 128 Å². The summed E-state index contributed by atoms with van der Waals surface area (Å²) in [5.41, 5.74) is 0. The van der Waals surface area contributed by atoms with E-state index in [0.717, 1.165) is 45.3 Å². The van der Waals surface area contributed by atoms with Crippen LogP contribution in [-0.2, 0) is 14.3 Å². The maximum absolute atomic E-state index is 12.3. The molecule has 122 valence electrons. The fraction of sp³-hybridized carbons (Fsp3) is 0.938. The zero-order valence-corrected chi connectivity index (χ0v) is 13.5. The summed E-state index contributed by atoms with van der Waals surface area (Å²) in [5, 5.41) is 3.15. The molecule has 2 fully saturated rings. The molecular formula is C16H30N2O3. The van der Waals surface area contributed by atoms with Crippen LogP contribution in [0.2, 0.25) is 0 Å². The largest absolute Gasteiger partial charge is 0.376 e. The average molecular weight is 298 g/mol. The molecule has 0 aromatic heterocycles. The minimum atomic E-state index is 0.127. The summed E-state index contributed by atoms with van der Waals surface area (Å²) >= 11 is 0. The van der Waals surface area contributed by atoms with Gasteiger partial charge in [0.25, 0.3) is 0 Å². The van der Waals surface area contributed by atoms with Gasteiger partial charge in [-0.1, -0.05) is 13.3 Å². The van der Waals surface area contributed by atoms with Crippen LogP contribution in [0, 0.1) is 5.92 Å². The summed E-state index contributed by atoms with van der Waals surface area (Å²) in [5.74, 6) is 0.351. The number of likely N-dealkylation sites (tertiary alicyclic amines) is 1. The number of rotatable bonds is 6. The van der Waals surface area contributed by atoms with Crippen molar-refractivity contribution in [3.8, 4) is 0 Å². The van der Waals surface area contributed by atoms with Gasteiger partial charge >= 0.3 is 0 Å². The van der Waals surface area contributed by atoms with Crippen molar-refractivity contribution in [2.24, 2.45) is 5.92 Å². The van der Waals surface area contributed by atoms with Gasteiger partial charge in [-0.3, -0.25) is 9.69 Å². The van der Waals surface area contributed by atoms with E-state index in [-0.39, 0.29) is 24.0 Å². The maximum Gasteiger partial charge on any atom is 0.224 e. The Morgan fingerprint density at radius 2 is 2.29 bits per heavy atom. The molecule has 0 aromatic carbocycles. The number of nitrogens with one attached hydrogen (secondary N) is 1. The van der Waals surface area contributed by atoms with Gasteiger partial charge in [0.15, 0.2) is 0 Å². The highest BCUT2D eigenvalue weighted by molar-refractivity contribution is 5.79. The lowest BCUT2D eigenvalue weighted by Gasteiger charge is -2.35. The highest BCUT2D eigenvalue weighted by atomic mass is 16.6. The van der Waals surface area contributed by atoms with E-state index in [1.54, 1.807) is 0 Å². The van der Waals surface area contributed by atoms with Gasteiger partial charge < -0.3 is 14.8 Å². The second kappa shape index (κ2) is 8.71. The molecule has 1 amide bonds. The highest BCUT2D eigenvalue weighted by Crippen LogP contribution is 2.18. The first-order chi connectivity index (χ1) is 10.2. The van der Waals surface area contributed by atoms with Gasteiger partial charge in [0.2, 0.25) is 5.91 Å². The SMILES string of the molecule is CCCC(C)NC(=O)C1CCCN(CC2COCCO2)C1. The second-order valence-corrected chi connectivity index (χ2v) is 6.36. The molecule has 2 aliphatic heterocycles. The molecule has 5 heteroatoms. The number of carbonyl (C=O) groups is 1. The number of nitrogens with zero attached hydrogens (tertiary/aromatic N) is 1. The Morgan fingerprint density at radius 1 is 1.43 bits per heavy atom. The van der Waals surface area contributed by atoms with Crippen LogP contribution >= 0.6 is 0 Å². The number of ether oxygens (including phenoxy) is 2. The molecule has 1 N–H and O–H groups in total. The minimum absolute atomic E-state index is 0.127. The third-order valence-corrected chi connectivity index (χ3v) is 4.33. The molecule has 3 atom stereocenters. The first kappa shape index (κ1) is 16.7. The normalized spacial score (nSPS) is 29.0. The van der Waals surface area contributed by atoms with Crippen molar-refractivity contribution >= 4 is 5.91 Å². The predicted octanol–water partition coefficient (Wildman–Crippen LogP) is 1.42. The van der Waals surface area contributed by atoms with Crippen LogP contribution in [0.4, 0.5) is 0 Å². The smallest absolute Gasteiger partial charge is 0.224 e. The fourth-order valence-electron chi connectivity index (χ4n) is 3.23. The summed E-state index contributed by atoms with van der Waals surface area (Å²) in [6, 6.07) is 0.285. The van der Waals surface area contributed by atoms with Gasteiger partial charge in [-0.25, -0.2) is 0 Å². The highest BCUT2D eigenvalue weighted by Gasteiger charge is 2.28. The Balaban J connectivity index is 1.75. The lowest BCUT2D eigenvalue weighted by molar-refractivity contribution is -0.128. The Hall–Kier alpha value is -0.650. The standard InChI is InChI=1S/C16H30N2O3/c1-3-5-13(2)17-16(19)14-6-4-7-18(10-14)11-15-12-20-8-9-21-15/h13-15H,3-12H2,1-2H3,(H,17,19). The molecule has 0 aliphatic carbocycles. The van der Waals surface area contributed by atoms with Crippen molar-refractivity contribution in [3.63, 3.8) is 0 Å². The summed E-state index contributed by atoms with van der Waals surface area (Å²) in [6.07, 6.45) is 4.42. The van der Waals surface area contributed by atoms with Gasteiger partial charge in [0.05, 0.1) is 31.8 Å². The number of carbonyl (C=O) groups excluding carboxylic acids is 1. The van der Waals surface area contributed by atoms with Crippen molar-refractivity contribution in [1.29, 1.82) is 0 Å². The average Bonchev–Trinajstić information content (AvgIpc) is 2.49. The van der Waals surface area contributed by atoms with E-state index in [0.29, 0.717) is 19.8 Å². The van der Waals surface area contributed by atoms with Crippen molar-refractivity contribution < 1.29 is 14.3 Å². The lowest BCUT2D eigenvalue weighted by Crippen LogP contribution is -2.48. The zero-order chi connectivity index (χ0) is 15.1. The van der Waals surface area contributed by atoms with Crippen molar-refractivity contribution in [1.82, 2.24) is 10.2 Å². The number of amides is 1. The van der Waals surface area contributed by atoms with Gasteiger partial charge in [0, 0.05) is 19.1 Å². The maximum atomic E-state index is 12.3. The summed E-state index contributed by atoms with van der Waals surface area (Å²) in [7, 11) is 0. The molecule has 0 spiro atoms. The van der Waals surface area contributed by atoms with E-state index in [4.69, 9.17) is 9.47 Å². The van der Waals surface area contributed by atoms with Crippen molar-refractivity contribution in [3.05, 3.63) is 0 Å². The molecule has 2 saturated heterocycles. The molecule has 2 aliphatic rings. The Kier molecular flexibility index (Phi) is 6.93. The third kappa shape index (κ3) is 5.57. The zero-order valence-electron chi connectivity index (χ0n) is 13.5. The lowest BCUT2D eigenvalue weighted by atomic mass is 9.96. The summed E-state index contributed by atoms with van der Waals surface area (Å²) in [6.45, 7) is 9.12. The van der Waals surface area contributed by atoms with Gasteiger partial charge in [-0.15, -0.1) is 0 Å². The van der Waals surface area contributed by atoms with Gasteiger partial charge in [-0.05, 0) is 32.7 Å². The van der Waals surface area contributed by atoms with Crippen LogP contribution < -0.4 is 5.32 Å². The minimum Gasteiger partial charge on any atom is -0.376 e. The van der Waals surface area contributed by atoms with Crippen LogP contribution in [0.5, 0.6) is 0 Å². The molecule has 21 heavy (non-hydrogen) atoms. The number of hydrogen-bond donors (Lipinski definition) is 1. The molecule has 2 rings (SSSR count). The Bertz CT molecular complexity index is 319. The fourth-order valence-corrected chi connectivity index (χ4v) is 3.23. The molecule has 0 saturated carbocycles. The molecule has 0 radical (unpaired) electrons. The first-order valence-corrected chi connectivity index (χ1v) is 8.41. The van der Waals surface area contributed by atoms with Crippen LogP contribution in [0.1, 0.15) is 39.5 Å². The molecular weight excluding hydrogens is 268 g/mol. The van der Waals surface area contributed by atoms with E-state index >= 15 is 0 Å². The molecule has 3 unspecified atom stereocenters. The number of hydrogen-bond acceptors (Lipinski definition) is 4. The molecule has 0 aromatic rings. The quantitative estimate of drug-likeness (QED) is 0.806. The Morgan fingerprint density at radius 3 is 3.00 bits per heavy atom. The van der Waals surface area contributed by atoms with Gasteiger partial charge in [0.1, 0.15) is 0 Å². The van der Waals surface area contributed by atoms with Crippen LogP contribution in [0.15, 0.2) is 0 Å². The van der Waals surface area contributed by atoms with E-state index in [9.17, 15) is 4.79 Å². The topological polar surface area (TPSA) is 50.8 Å². The molecule has 2 heterocycles. The van der Waals surface area contributed by atoms with Crippen molar-refractivity contribution in [2.75, 3.05) is 39.5 Å². The van der Waals surface area contributed by atoms with E-state index in [2.05, 4.69) is 24.1 Å². The summed E-state index contributed by atoms with van der Waals surface area (Å²) < 4.78 is 11.2. The van der Waals surface area contributed by atoms with Crippen LogP contribution in [-0.4, -0.2) is 62.4 Å². The van der Waals surface area contributed by atoms with E-state index in [1.165, 1.54) is 0 Å². The van der Waals surface area contributed by atoms with E-state index in [1.807, 2.05) is 0 Å². The summed E-state index contributed by atoms with van der Waals surface area (Å²) in [4.78, 5) is 14.7. The monoisotopic (exact) mass is 298 g/mol. The first-order valence-electron chi connectivity index (χ1n) is 8.41. The molecule has 0 bridgehead atoms. The predicted molar refractivity (Wildman–Crippen MR) is 82.2 cm³/mol. The third-order valence-electron chi connectivity index (χ3n) is 4.33. The second-order valence-electron chi connectivity index (χ2n) is 6.36. The molecule has 5 nitrogen and oxygen atoms in total. The van der Waals surface area contributed by atoms with Crippen LogP contribution in [0.3, 0.4) is 0 Å². The van der Waals surface area contributed by atoms with Crippen LogP contribution in [0.25, 0.3) is 0 Å². The van der Waals surface area contributed by atoms with Gasteiger partial charge in [-0.2, -0.15) is 0 Å².